The van der Waals surface area contributed by atoms with Crippen LogP contribution in [0.4, 0.5) is 4.39 Å². The van der Waals surface area contributed by atoms with E-state index in [1.807, 2.05) is 6.92 Å². The lowest BCUT2D eigenvalue weighted by Gasteiger charge is -2.08. The molecule has 2 aromatic rings. The van der Waals surface area contributed by atoms with E-state index in [0.717, 1.165) is 5.56 Å². The van der Waals surface area contributed by atoms with E-state index in [0.29, 0.717) is 16.3 Å². The number of aryl methyl sites for hydroxylation is 1. The lowest BCUT2D eigenvalue weighted by molar-refractivity contribution is -0.123. The molecule has 0 bridgehead atoms. The summed E-state index contributed by atoms with van der Waals surface area (Å²) >= 11 is 5.84. The van der Waals surface area contributed by atoms with Crippen molar-refractivity contribution < 1.29 is 13.9 Å². The van der Waals surface area contributed by atoms with E-state index in [1.165, 1.54) is 18.3 Å². The molecule has 1 N–H and O–H groups in total. The van der Waals surface area contributed by atoms with Crippen molar-refractivity contribution in [3.05, 3.63) is 64.4 Å². The van der Waals surface area contributed by atoms with Crippen LogP contribution in [-0.4, -0.2) is 18.7 Å². The zero-order valence-electron chi connectivity index (χ0n) is 11.8. The van der Waals surface area contributed by atoms with Gasteiger partial charge in [0.15, 0.2) is 6.61 Å². The monoisotopic (exact) mass is 320 g/mol. The highest BCUT2D eigenvalue weighted by molar-refractivity contribution is 6.30. The van der Waals surface area contributed by atoms with Crippen molar-refractivity contribution in [1.29, 1.82) is 0 Å². The van der Waals surface area contributed by atoms with Crippen LogP contribution in [0.2, 0.25) is 5.02 Å². The number of amides is 1. The first-order chi connectivity index (χ1) is 10.5. The highest BCUT2D eigenvalue weighted by Gasteiger charge is 2.04. The summed E-state index contributed by atoms with van der Waals surface area (Å²) in [7, 11) is 0. The van der Waals surface area contributed by atoms with Crippen LogP contribution >= 0.6 is 11.6 Å². The van der Waals surface area contributed by atoms with Crippen LogP contribution in [0.25, 0.3) is 0 Å². The van der Waals surface area contributed by atoms with Crippen molar-refractivity contribution in [2.45, 2.75) is 6.92 Å². The fraction of sp³-hybridized carbons (Fsp3) is 0.125. The van der Waals surface area contributed by atoms with Crippen molar-refractivity contribution >= 4 is 23.7 Å². The molecular formula is C16H14ClFN2O2. The van der Waals surface area contributed by atoms with E-state index in [4.69, 9.17) is 16.3 Å². The van der Waals surface area contributed by atoms with Gasteiger partial charge in [-0.3, -0.25) is 4.79 Å². The molecule has 0 aliphatic heterocycles. The van der Waals surface area contributed by atoms with Crippen LogP contribution in [0.3, 0.4) is 0 Å². The number of hydrazone groups is 1. The van der Waals surface area contributed by atoms with Crippen LogP contribution < -0.4 is 10.2 Å². The van der Waals surface area contributed by atoms with Gasteiger partial charge in [-0.05, 0) is 48.4 Å². The van der Waals surface area contributed by atoms with Gasteiger partial charge in [0.1, 0.15) is 11.6 Å². The van der Waals surface area contributed by atoms with Gasteiger partial charge in [0, 0.05) is 5.02 Å². The van der Waals surface area contributed by atoms with Crippen LogP contribution in [-0.2, 0) is 4.79 Å². The number of hydrogen-bond donors (Lipinski definition) is 1. The molecule has 0 spiro atoms. The van der Waals surface area contributed by atoms with Crippen LogP contribution in [0.15, 0.2) is 47.6 Å². The SMILES string of the molecule is Cc1cc(Cl)ccc1OCC(=O)N/N=C\c1ccc(F)cc1. The number of rotatable bonds is 5. The zero-order valence-corrected chi connectivity index (χ0v) is 12.6. The van der Waals surface area contributed by atoms with Crippen molar-refractivity contribution in [2.75, 3.05) is 6.61 Å². The molecule has 0 atom stereocenters. The maximum absolute atomic E-state index is 12.7. The highest BCUT2D eigenvalue weighted by atomic mass is 35.5. The summed E-state index contributed by atoms with van der Waals surface area (Å²) in [6.07, 6.45) is 1.42. The Labute approximate surface area is 132 Å². The molecular weight excluding hydrogens is 307 g/mol. The summed E-state index contributed by atoms with van der Waals surface area (Å²) in [5.41, 5.74) is 3.85. The fourth-order valence-corrected chi connectivity index (χ4v) is 1.90. The molecule has 0 aliphatic rings. The molecule has 0 aliphatic carbocycles. The molecule has 0 heterocycles. The molecule has 0 saturated heterocycles. The third kappa shape index (κ3) is 4.86. The summed E-state index contributed by atoms with van der Waals surface area (Å²) in [5, 5.41) is 4.38. The molecule has 2 aromatic carbocycles. The van der Waals surface area contributed by atoms with Gasteiger partial charge in [-0.25, -0.2) is 9.82 Å². The number of halogens is 2. The number of ether oxygens (including phenoxy) is 1. The molecule has 0 aromatic heterocycles. The first-order valence-electron chi connectivity index (χ1n) is 6.51. The minimum Gasteiger partial charge on any atom is -0.483 e. The van der Waals surface area contributed by atoms with Gasteiger partial charge in [0.25, 0.3) is 5.91 Å². The lowest BCUT2D eigenvalue weighted by Crippen LogP contribution is -2.24. The van der Waals surface area contributed by atoms with E-state index in [2.05, 4.69) is 10.5 Å². The Kier molecular flexibility index (Phi) is 5.49. The number of nitrogens with zero attached hydrogens (tertiary/aromatic N) is 1. The predicted molar refractivity (Wildman–Crippen MR) is 83.8 cm³/mol. The second-order valence-electron chi connectivity index (χ2n) is 4.54. The third-order valence-electron chi connectivity index (χ3n) is 2.77. The van der Waals surface area contributed by atoms with Gasteiger partial charge in [0.2, 0.25) is 0 Å². The second-order valence-corrected chi connectivity index (χ2v) is 4.98. The molecule has 0 fully saturated rings. The Bertz CT molecular complexity index is 687. The Hall–Kier alpha value is -2.40. The van der Waals surface area contributed by atoms with Gasteiger partial charge in [-0.2, -0.15) is 5.10 Å². The normalized spacial score (nSPS) is 10.7. The Balaban J connectivity index is 1.81. The van der Waals surface area contributed by atoms with Gasteiger partial charge in [-0.15, -0.1) is 0 Å². The van der Waals surface area contributed by atoms with Gasteiger partial charge < -0.3 is 4.74 Å². The maximum Gasteiger partial charge on any atom is 0.277 e. The molecule has 22 heavy (non-hydrogen) atoms. The van der Waals surface area contributed by atoms with Gasteiger partial charge in [-0.1, -0.05) is 23.7 Å². The largest absolute Gasteiger partial charge is 0.483 e. The van der Waals surface area contributed by atoms with E-state index in [1.54, 1.807) is 30.3 Å². The highest BCUT2D eigenvalue weighted by Crippen LogP contribution is 2.21. The summed E-state index contributed by atoms with van der Waals surface area (Å²) in [5.74, 6) is -0.136. The minimum absolute atomic E-state index is 0.163. The molecule has 0 radical (unpaired) electrons. The Morgan fingerprint density at radius 1 is 1.32 bits per heavy atom. The molecule has 2 rings (SSSR count). The molecule has 0 saturated carbocycles. The topological polar surface area (TPSA) is 50.7 Å². The third-order valence-corrected chi connectivity index (χ3v) is 3.00. The Morgan fingerprint density at radius 3 is 2.73 bits per heavy atom. The van der Waals surface area contributed by atoms with Crippen LogP contribution in [0.5, 0.6) is 5.75 Å². The number of nitrogens with one attached hydrogen (secondary N) is 1. The number of benzene rings is 2. The van der Waals surface area contributed by atoms with Gasteiger partial charge >= 0.3 is 0 Å². The van der Waals surface area contributed by atoms with E-state index in [-0.39, 0.29) is 12.4 Å². The minimum atomic E-state index is -0.396. The van der Waals surface area contributed by atoms with Crippen molar-refractivity contribution in [3.8, 4) is 5.75 Å². The first kappa shape index (κ1) is 16.0. The lowest BCUT2D eigenvalue weighted by atomic mass is 10.2. The fourth-order valence-electron chi connectivity index (χ4n) is 1.68. The standard InChI is InChI=1S/C16H14ClFN2O2/c1-11-8-13(17)4-7-15(11)22-10-16(21)20-19-9-12-2-5-14(18)6-3-12/h2-9H,10H2,1H3,(H,20,21)/b19-9-. The van der Waals surface area contributed by atoms with Crippen molar-refractivity contribution in [2.24, 2.45) is 5.10 Å². The first-order valence-corrected chi connectivity index (χ1v) is 6.89. The van der Waals surface area contributed by atoms with Crippen molar-refractivity contribution in [3.63, 3.8) is 0 Å². The second kappa shape index (κ2) is 7.56. The van der Waals surface area contributed by atoms with E-state index < -0.39 is 5.91 Å². The van der Waals surface area contributed by atoms with E-state index >= 15 is 0 Å². The van der Waals surface area contributed by atoms with E-state index in [9.17, 15) is 9.18 Å². The molecule has 114 valence electrons. The Morgan fingerprint density at radius 2 is 2.05 bits per heavy atom. The van der Waals surface area contributed by atoms with Crippen LogP contribution in [0, 0.1) is 12.7 Å². The molecule has 1 amide bonds. The summed E-state index contributed by atoms with van der Waals surface area (Å²) in [6, 6.07) is 10.9. The molecule has 6 heteroatoms. The van der Waals surface area contributed by atoms with Gasteiger partial charge in [0.05, 0.1) is 6.21 Å². The smallest absolute Gasteiger partial charge is 0.277 e. The van der Waals surface area contributed by atoms with Crippen molar-refractivity contribution in [1.82, 2.24) is 5.43 Å². The quantitative estimate of drug-likeness (QED) is 0.678. The predicted octanol–water partition coefficient (Wildman–Crippen LogP) is 3.32. The average Bonchev–Trinajstić information content (AvgIpc) is 2.48. The summed E-state index contributed by atoms with van der Waals surface area (Å²) in [4.78, 5) is 11.6. The summed E-state index contributed by atoms with van der Waals surface area (Å²) in [6.45, 7) is 1.68. The number of carbonyl (C=O) groups is 1. The maximum atomic E-state index is 12.7. The summed E-state index contributed by atoms with van der Waals surface area (Å²) < 4.78 is 18.1. The number of hydrogen-bond acceptors (Lipinski definition) is 3. The molecule has 0 unspecified atom stereocenters. The average molecular weight is 321 g/mol. The number of carbonyl (C=O) groups excluding carboxylic acids is 1. The molecule has 4 nitrogen and oxygen atoms in total. The zero-order chi connectivity index (χ0) is 15.9. The van der Waals surface area contributed by atoms with Crippen LogP contribution in [0.1, 0.15) is 11.1 Å².